The van der Waals surface area contributed by atoms with Gasteiger partial charge in [0, 0.05) is 10.4 Å². The summed E-state index contributed by atoms with van der Waals surface area (Å²) in [7, 11) is 0. The normalized spacial score (nSPS) is 20.2. The molecule has 1 saturated carbocycles. The SMILES string of the molecule is C=Cc1cc(/C=C2/C(=O)C(c3cccc(C)c3)C(=S)CC/C2=C\C)ccc1CC. The van der Waals surface area contributed by atoms with Crippen molar-refractivity contribution in [2.75, 3.05) is 0 Å². The van der Waals surface area contributed by atoms with Crippen molar-refractivity contribution in [1.29, 1.82) is 0 Å². The summed E-state index contributed by atoms with van der Waals surface area (Å²) in [5.41, 5.74) is 7.40. The molecule has 0 radical (unpaired) electrons. The molecule has 0 saturated heterocycles. The fourth-order valence-corrected chi connectivity index (χ4v) is 4.37. The maximum Gasteiger partial charge on any atom is 0.175 e. The minimum absolute atomic E-state index is 0.103. The lowest BCUT2D eigenvalue weighted by atomic mass is 9.86. The summed E-state index contributed by atoms with van der Waals surface area (Å²) in [4.78, 5) is 14.5. The highest BCUT2D eigenvalue weighted by Gasteiger charge is 2.32. The lowest BCUT2D eigenvalue weighted by Crippen LogP contribution is -2.20. The summed E-state index contributed by atoms with van der Waals surface area (Å²) in [6.45, 7) is 10.1. The van der Waals surface area contributed by atoms with Gasteiger partial charge in [-0.05, 0) is 73.1 Å². The molecule has 1 aliphatic rings. The Hall–Kier alpha value is -2.58. The Labute approximate surface area is 179 Å². The third-order valence-corrected chi connectivity index (χ3v) is 6.08. The van der Waals surface area contributed by atoms with Gasteiger partial charge in [0.25, 0.3) is 0 Å². The third-order valence-electron chi connectivity index (χ3n) is 5.64. The van der Waals surface area contributed by atoms with E-state index >= 15 is 0 Å². The molecule has 0 N–H and O–H groups in total. The summed E-state index contributed by atoms with van der Waals surface area (Å²) in [6, 6.07) is 14.5. The first-order valence-corrected chi connectivity index (χ1v) is 10.6. The standard InChI is InChI=1S/C27H28OS/c1-5-20-12-11-19(16-22(20)7-3)17-24-21(6-2)13-14-25(29)26(27(24)28)23-10-8-9-18(4)15-23/h6-12,15-17,26H,3,5,13-14H2,1-2,4H3/b21-6+,24-17+. The topological polar surface area (TPSA) is 17.1 Å². The number of carbonyl (C=O) groups is 1. The number of aryl methyl sites for hydroxylation is 2. The first kappa shape index (κ1) is 21.1. The molecule has 2 heteroatoms. The second-order valence-corrected chi connectivity index (χ2v) is 8.09. The van der Waals surface area contributed by atoms with Crippen molar-refractivity contribution in [2.24, 2.45) is 0 Å². The molecule has 1 nitrogen and oxygen atoms in total. The van der Waals surface area contributed by atoms with E-state index in [1.165, 1.54) is 5.56 Å². The van der Waals surface area contributed by atoms with Crippen molar-refractivity contribution < 1.29 is 4.79 Å². The van der Waals surface area contributed by atoms with Gasteiger partial charge in [0.2, 0.25) is 0 Å². The average Bonchev–Trinajstić information content (AvgIpc) is 2.84. The number of Topliss-reactive ketones (excluding diaryl/α,β-unsaturated/α-hetero) is 1. The molecule has 2 aromatic carbocycles. The molecule has 1 unspecified atom stereocenters. The minimum atomic E-state index is -0.359. The zero-order valence-corrected chi connectivity index (χ0v) is 18.3. The smallest absolute Gasteiger partial charge is 0.175 e. The quantitative estimate of drug-likeness (QED) is 0.311. The molecule has 29 heavy (non-hydrogen) atoms. The highest BCUT2D eigenvalue weighted by Crippen LogP contribution is 2.35. The van der Waals surface area contributed by atoms with Crippen LogP contribution in [0.15, 0.2) is 66.3 Å². The Kier molecular flexibility index (Phi) is 6.76. The van der Waals surface area contributed by atoms with Gasteiger partial charge in [0.05, 0.1) is 5.92 Å². The molecule has 1 atom stereocenters. The molecule has 148 valence electrons. The molecule has 2 aromatic rings. The Bertz CT molecular complexity index is 1020. The lowest BCUT2D eigenvalue weighted by molar-refractivity contribution is -0.115. The van der Waals surface area contributed by atoms with E-state index in [0.29, 0.717) is 0 Å². The van der Waals surface area contributed by atoms with Crippen LogP contribution in [0.3, 0.4) is 0 Å². The van der Waals surface area contributed by atoms with E-state index < -0.39 is 0 Å². The number of ketones is 1. The van der Waals surface area contributed by atoms with Gasteiger partial charge in [-0.3, -0.25) is 4.79 Å². The van der Waals surface area contributed by atoms with Crippen LogP contribution in [0.25, 0.3) is 12.2 Å². The van der Waals surface area contributed by atoms with Gasteiger partial charge in [-0.25, -0.2) is 0 Å². The Morgan fingerprint density at radius 3 is 2.62 bits per heavy atom. The fraction of sp³-hybridized carbons (Fsp3) is 0.259. The third kappa shape index (κ3) is 4.54. The first-order valence-electron chi connectivity index (χ1n) is 10.2. The highest BCUT2D eigenvalue weighted by atomic mass is 32.1. The van der Waals surface area contributed by atoms with Gasteiger partial charge in [0.1, 0.15) is 0 Å². The number of carbonyl (C=O) groups excluding carboxylic acids is 1. The largest absolute Gasteiger partial charge is 0.293 e. The number of hydrogen-bond donors (Lipinski definition) is 0. The molecular formula is C27H28OS. The Morgan fingerprint density at radius 1 is 1.17 bits per heavy atom. The van der Waals surface area contributed by atoms with Crippen LogP contribution >= 0.6 is 12.2 Å². The molecule has 3 rings (SSSR count). The molecule has 0 heterocycles. The van der Waals surface area contributed by atoms with Crippen LogP contribution in [0.2, 0.25) is 0 Å². The first-order chi connectivity index (χ1) is 14.0. The van der Waals surface area contributed by atoms with Gasteiger partial charge in [-0.2, -0.15) is 0 Å². The number of hydrogen-bond acceptors (Lipinski definition) is 2. The predicted molar refractivity (Wildman–Crippen MR) is 128 cm³/mol. The van der Waals surface area contributed by atoms with E-state index in [-0.39, 0.29) is 11.7 Å². The van der Waals surface area contributed by atoms with Gasteiger partial charge in [-0.1, -0.05) is 79.8 Å². The van der Waals surface area contributed by atoms with Crippen molar-refractivity contribution in [3.8, 4) is 0 Å². The predicted octanol–water partition coefficient (Wildman–Crippen LogP) is 7.05. The van der Waals surface area contributed by atoms with Crippen LogP contribution in [-0.2, 0) is 11.2 Å². The summed E-state index contributed by atoms with van der Waals surface area (Å²) in [5.74, 6) is -0.256. The van der Waals surface area contributed by atoms with Crippen molar-refractivity contribution in [3.05, 3.63) is 94.1 Å². The molecule has 0 amide bonds. The minimum Gasteiger partial charge on any atom is -0.293 e. The maximum atomic E-state index is 13.7. The maximum absolute atomic E-state index is 13.7. The van der Waals surface area contributed by atoms with Crippen LogP contribution in [0.5, 0.6) is 0 Å². The van der Waals surface area contributed by atoms with Crippen LogP contribution in [0.1, 0.15) is 60.4 Å². The summed E-state index contributed by atoms with van der Waals surface area (Å²) < 4.78 is 0. The molecule has 0 aromatic heterocycles. The second-order valence-electron chi connectivity index (χ2n) is 7.57. The lowest BCUT2D eigenvalue weighted by Gasteiger charge is -2.17. The Morgan fingerprint density at radius 2 is 1.97 bits per heavy atom. The van der Waals surface area contributed by atoms with Gasteiger partial charge >= 0.3 is 0 Å². The summed E-state index contributed by atoms with van der Waals surface area (Å²) >= 11 is 5.72. The Balaban J connectivity index is 2.11. The number of rotatable bonds is 4. The molecule has 0 bridgehead atoms. The summed E-state index contributed by atoms with van der Waals surface area (Å²) in [5, 5.41) is 0. The number of thiocarbonyl (C=S) groups is 1. The molecule has 1 aliphatic carbocycles. The van der Waals surface area contributed by atoms with Crippen molar-refractivity contribution in [3.63, 3.8) is 0 Å². The zero-order valence-electron chi connectivity index (χ0n) is 17.5. The number of benzene rings is 2. The molecule has 0 spiro atoms. The van der Waals surface area contributed by atoms with E-state index in [4.69, 9.17) is 12.2 Å². The monoisotopic (exact) mass is 400 g/mol. The molecular weight excluding hydrogens is 372 g/mol. The van der Waals surface area contributed by atoms with E-state index in [9.17, 15) is 4.79 Å². The zero-order chi connectivity index (χ0) is 21.0. The number of allylic oxidation sites excluding steroid dienone is 3. The van der Waals surface area contributed by atoms with Crippen molar-refractivity contribution in [2.45, 2.75) is 46.0 Å². The average molecular weight is 401 g/mol. The van der Waals surface area contributed by atoms with Gasteiger partial charge < -0.3 is 0 Å². The highest BCUT2D eigenvalue weighted by molar-refractivity contribution is 7.80. The fourth-order valence-electron chi connectivity index (χ4n) is 4.03. The van der Waals surface area contributed by atoms with Gasteiger partial charge in [0.15, 0.2) is 5.78 Å². The van der Waals surface area contributed by atoms with E-state index in [0.717, 1.165) is 57.5 Å². The van der Waals surface area contributed by atoms with E-state index in [1.54, 1.807) is 0 Å². The molecule has 1 fully saturated rings. The van der Waals surface area contributed by atoms with Crippen molar-refractivity contribution >= 4 is 35.0 Å². The second kappa shape index (κ2) is 9.28. The van der Waals surface area contributed by atoms with Crippen LogP contribution < -0.4 is 0 Å². The van der Waals surface area contributed by atoms with Crippen molar-refractivity contribution in [1.82, 2.24) is 0 Å². The van der Waals surface area contributed by atoms with Crippen LogP contribution in [0, 0.1) is 6.92 Å². The molecule has 0 aliphatic heterocycles. The van der Waals surface area contributed by atoms with Gasteiger partial charge in [-0.15, -0.1) is 0 Å². The van der Waals surface area contributed by atoms with Crippen LogP contribution in [-0.4, -0.2) is 10.6 Å². The van der Waals surface area contributed by atoms with E-state index in [2.05, 4.69) is 43.8 Å². The van der Waals surface area contributed by atoms with E-state index in [1.807, 2.05) is 44.2 Å². The van der Waals surface area contributed by atoms with Crippen LogP contribution in [0.4, 0.5) is 0 Å². The summed E-state index contributed by atoms with van der Waals surface area (Å²) in [6.07, 6.45) is 8.48.